The number of phenolic OH excluding ortho intramolecular Hbond substituents is 1. The molecule has 11 heavy (non-hydrogen) atoms. The smallest absolute Gasteiger partial charge is 0.165 e. The van der Waals surface area contributed by atoms with Crippen molar-refractivity contribution in [3.63, 3.8) is 0 Å². The molecular weight excluding hydrogens is 147 g/mol. The number of aromatic hydroxyl groups is 1. The molecule has 0 bridgehead atoms. The first-order valence-corrected chi connectivity index (χ1v) is 2.96. The molecule has 0 amide bonds. The van der Waals surface area contributed by atoms with Gasteiger partial charge in [0.25, 0.3) is 0 Å². The van der Waals surface area contributed by atoms with Crippen molar-refractivity contribution in [3.8, 4) is 5.75 Å². The summed E-state index contributed by atoms with van der Waals surface area (Å²) >= 11 is 0. The Morgan fingerprint density at radius 2 is 2.27 bits per heavy atom. The lowest BCUT2D eigenvalue weighted by Crippen LogP contribution is -1.88. The van der Waals surface area contributed by atoms with Gasteiger partial charge in [0.05, 0.1) is 6.21 Å². The molecule has 4 heteroatoms. The summed E-state index contributed by atoms with van der Waals surface area (Å²) in [5.74, 6) is 3.71. The van der Waals surface area contributed by atoms with Crippen LogP contribution in [0, 0.1) is 5.82 Å². The number of nitrogens with zero attached hydrogens (tertiary/aromatic N) is 1. The second-order valence-corrected chi connectivity index (χ2v) is 1.96. The summed E-state index contributed by atoms with van der Waals surface area (Å²) < 4.78 is 12.6. The van der Waals surface area contributed by atoms with Gasteiger partial charge in [-0.25, -0.2) is 4.39 Å². The van der Waals surface area contributed by atoms with Crippen molar-refractivity contribution < 1.29 is 9.50 Å². The van der Waals surface area contributed by atoms with E-state index in [1.165, 1.54) is 18.3 Å². The molecule has 1 aromatic rings. The average Bonchev–Trinajstić information content (AvgIpc) is 1.99. The zero-order valence-corrected chi connectivity index (χ0v) is 5.66. The highest BCUT2D eigenvalue weighted by Crippen LogP contribution is 2.18. The number of halogens is 1. The van der Waals surface area contributed by atoms with E-state index in [0.29, 0.717) is 0 Å². The van der Waals surface area contributed by atoms with E-state index in [1.54, 1.807) is 0 Å². The molecule has 1 aromatic carbocycles. The van der Waals surface area contributed by atoms with Crippen LogP contribution in [0.2, 0.25) is 0 Å². The van der Waals surface area contributed by atoms with Crippen molar-refractivity contribution in [2.45, 2.75) is 0 Å². The molecule has 1 rings (SSSR count). The first kappa shape index (κ1) is 7.53. The van der Waals surface area contributed by atoms with Crippen LogP contribution in [0.5, 0.6) is 5.75 Å². The van der Waals surface area contributed by atoms with Crippen molar-refractivity contribution in [3.05, 3.63) is 29.6 Å². The minimum atomic E-state index is -0.678. The third kappa shape index (κ3) is 1.46. The summed E-state index contributed by atoms with van der Waals surface area (Å²) in [7, 11) is 0. The monoisotopic (exact) mass is 154 g/mol. The number of para-hydroxylation sites is 1. The lowest BCUT2D eigenvalue weighted by Gasteiger charge is -1.97. The molecule has 0 unspecified atom stereocenters. The molecule has 0 aromatic heterocycles. The molecule has 0 aliphatic rings. The van der Waals surface area contributed by atoms with Crippen LogP contribution in [0.25, 0.3) is 0 Å². The zero-order valence-electron chi connectivity index (χ0n) is 5.66. The summed E-state index contributed by atoms with van der Waals surface area (Å²) in [5, 5.41) is 12.2. The van der Waals surface area contributed by atoms with Crippen LogP contribution >= 0.6 is 0 Å². The number of rotatable bonds is 1. The van der Waals surface area contributed by atoms with E-state index in [1.807, 2.05) is 0 Å². The number of hydrogen-bond donors (Lipinski definition) is 2. The Morgan fingerprint density at radius 3 is 2.91 bits per heavy atom. The van der Waals surface area contributed by atoms with Crippen LogP contribution in [-0.4, -0.2) is 11.3 Å². The Morgan fingerprint density at radius 1 is 1.55 bits per heavy atom. The summed E-state index contributed by atoms with van der Waals surface area (Å²) in [6, 6.07) is 4.13. The van der Waals surface area contributed by atoms with Crippen molar-refractivity contribution in [1.29, 1.82) is 0 Å². The molecule has 0 aliphatic carbocycles. The summed E-state index contributed by atoms with van der Waals surface area (Å²) in [5.41, 5.74) is 0.271. The maximum Gasteiger partial charge on any atom is 0.165 e. The normalized spacial score (nSPS) is 10.6. The predicted octanol–water partition coefficient (Wildman–Crippen LogP) is 0.824. The van der Waals surface area contributed by atoms with Gasteiger partial charge in [0.2, 0.25) is 0 Å². The molecule has 3 N–H and O–H groups in total. The van der Waals surface area contributed by atoms with Crippen LogP contribution in [-0.2, 0) is 0 Å². The molecule has 3 nitrogen and oxygen atoms in total. The van der Waals surface area contributed by atoms with Crippen LogP contribution in [0.15, 0.2) is 23.3 Å². The second kappa shape index (κ2) is 3.01. The molecule has 0 atom stereocenters. The van der Waals surface area contributed by atoms with E-state index >= 15 is 0 Å². The minimum absolute atomic E-state index is 0.271. The number of benzene rings is 1. The molecule has 0 radical (unpaired) electrons. The third-order valence-corrected chi connectivity index (χ3v) is 1.23. The third-order valence-electron chi connectivity index (χ3n) is 1.23. The van der Waals surface area contributed by atoms with E-state index in [0.717, 1.165) is 6.07 Å². The first-order valence-electron chi connectivity index (χ1n) is 2.96. The Labute approximate surface area is 63.0 Å². The quantitative estimate of drug-likeness (QED) is 0.357. The second-order valence-electron chi connectivity index (χ2n) is 1.96. The SMILES string of the molecule is NN=Cc1cccc(F)c1O. The zero-order chi connectivity index (χ0) is 8.27. The largest absolute Gasteiger partial charge is 0.504 e. The molecule has 0 heterocycles. The maximum atomic E-state index is 12.6. The number of hydrogen-bond acceptors (Lipinski definition) is 3. The number of hydrazone groups is 1. The highest BCUT2D eigenvalue weighted by molar-refractivity contribution is 5.83. The van der Waals surface area contributed by atoms with Gasteiger partial charge in [-0.1, -0.05) is 6.07 Å². The molecule has 0 saturated carbocycles. The maximum absolute atomic E-state index is 12.6. The summed E-state index contributed by atoms with van der Waals surface area (Å²) in [6.07, 6.45) is 1.18. The van der Waals surface area contributed by atoms with Crippen LogP contribution in [0.1, 0.15) is 5.56 Å². The fourth-order valence-corrected chi connectivity index (χ4v) is 0.716. The van der Waals surface area contributed by atoms with E-state index < -0.39 is 11.6 Å². The van der Waals surface area contributed by atoms with E-state index in [-0.39, 0.29) is 5.56 Å². The molecule has 58 valence electrons. The van der Waals surface area contributed by atoms with Gasteiger partial charge in [-0.3, -0.25) is 0 Å². The Balaban J connectivity index is 3.16. The molecule has 0 aliphatic heterocycles. The van der Waals surface area contributed by atoms with Gasteiger partial charge >= 0.3 is 0 Å². The van der Waals surface area contributed by atoms with E-state index in [9.17, 15) is 4.39 Å². The number of nitrogens with two attached hydrogens (primary N) is 1. The fourth-order valence-electron chi connectivity index (χ4n) is 0.716. The number of phenols is 1. The highest BCUT2D eigenvalue weighted by Gasteiger charge is 2.02. The molecule has 0 saturated heterocycles. The van der Waals surface area contributed by atoms with Crippen LogP contribution < -0.4 is 5.84 Å². The van der Waals surface area contributed by atoms with Gasteiger partial charge < -0.3 is 10.9 Å². The summed E-state index contributed by atoms with van der Waals surface area (Å²) in [4.78, 5) is 0. The minimum Gasteiger partial charge on any atom is -0.504 e. The van der Waals surface area contributed by atoms with Crippen molar-refractivity contribution in [2.24, 2.45) is 10.9 Å². The van der Waals surface area contributed by atoms with Gasteiger partial charge in [0.1, 0.15) is 0 Å². The lowest BCUT2D eigenvalue weighted by atomic mass is 10.2. The molecule has 0 spiro atoms. The van der Waals surface area contributed by atoms with Crippen molar-refractivity contribution >= 4 is 6.21 Å². The van der Waals surface area contributed by atoms with Gasteiger partial charge in [-0.15, -0.1) is 0 Å². The Kier molecular flexibility index (Phi) is 2.06. The fraction of sp³-hybridized carbons (Fsp3) is 0. The van der Waals surface area contributed by atoms with E-state index in [2.05, 4.69) is 5.10 Å². The van der Waals surface area contributed by atoms with Gasteiger partial charge in [0, 0.05) is 5.56 Å². The average molecular weight is 154 g/mol. The van der Waals surface area contributed by atoms with Crippen molar-refractivity contribution in [2.75, 3.05) is 0 Å². The van der Waals surface area contributed by atoms with Gasteiger partial charge in [-0.2, -0.15) is 5.10 Å². The van der Waals surface area contributed by atoms with Crippen LogP contribution in [0.4, 0.5) is 4.39 Å². The predicted molar refractivity (Wildman–Crippen MR) is 39.8 cm³/mol. The first-order chi connectivity index (χ1) is 5.25. The lowest BCUT2D eigenvalue weighted by molar-refractivity contribution is 0.431. The molecular formula is C7H7FN2O. The Hall–Kier alpha value is -1.58. The van der Waals surface area contributed by atoms with Crippen LogP contribution in [0.3, 0.4) is 0 Å². The van der Waals surface area contributed by atoms with Crippen molar-refractivity contribution in [1.82, 2.24) is 0 Å². The topological polar surface area (TPSA) is 58.6 Å². The summed E-state index contributed by atoms with van der Waals surface area (Å²) in [6.45, 7) is 0. The Bertz CT molecular complexity index is 286. The highest BCUT2D eigenvalue weighted by atomic mass is 19.1. The van der Waals surface area contributed by atoms with Gasteiger partial charge in [0.15, 0.2) is 11.6 Å². The van der Waals surface area contributed by atoms with Gasteiger partial charge in [-0.05, 0) is 12.1 Å². The van der Waals surface area contributed by atoms with E-state index in [4.69, 9.17) is 10.9 Å². The molecule has 0 fully saturated rings. The standard InChI is InChI=1S/C7H7FN2O/c8-6-3-1-2-5(4-10-9)7(6)11/h1-4,11H,9H2.